The molecule has 0 aliphatic carbocycles. The average Bonchev–Trinajstić information content (AvgIpc) is 2.85. The van der Waals surface area contributed by atoms with E-state index in [-0.39, 0.29) is 10.8 Å². The number of rotatable bonds is 5. The molecule has 0 saturated heterocycles. The van der Waals surface area contributed by atoms with Crippen LogP contribution in [0.4, 0.5) is 5.69 Å². The summed E-state index contributed by atoms with van der Waals surface area (Å²) in [5.74, 6) is 0.515. The zero-order valence-electron chi connectivity index (χ0n) is 10.7. The molecular formula is C13H12N2O3S2. The Hall–Kier alpha value is -2.04. The minimum atomic E-state index is -3.55. The first-order valence-electron chi connectivity index (χ1n) is 5.70. The fraction of sp³-hybridized carbons (Fsp3) is 0.154. The quantitative estimate of drug-likeness (QED) is 0.921. The third kappa shape index (κ3) is 3.50. The monoisotopic (exact) mass is 308 g/mol. The van der Waals surface area contributed by atoms with Crippen LogP contribution in [-0.2, 0) is 10.0 Å². The van der Waals surface area contributed by atoms with Crippen molar-refractivity contribution in [1.82, 2.24) is 0 Å². The van der Waals surface area contributed by atoms with Gasteiger partial charge in [0, 0.05) is 10.6 Å². The summed E-state index contributed by atoms with van der Waals surface area (Å²) in [6, 6.07) is 11.6. The molecule has 1 aromatic heterocycles. The normalized spacial score (nSPS) is 10.8. The van der Waals surface area contributed by atoms with Gasteiger partial charge in [-0.3, -0.25) is 4.72 Å². The van der Waals surface area contributed by atoms with Crippen LogP contribution in [0.5, 0.6) is 5.75 Å². The largest absolute Gasteiger partial charge is 0.479 e. The van der Waals surface area contributed by atoms with E-state index in [1.54, 1.807) is 36.4 Å². The lowest BCUT2D eigenvalue weighted by molar-refractivity contribution is 0.368. The molecule has 1 aromatic carbocycles. The van der Waals surface area contributed by atoms with Crippen molar-refractivity contribution in [2.75, 3.05) is 11.3 Å². The number of thiophene rings is 1. The molecule has 0 saturated carbocycles. The van der Waals surface area contributed by atoms with Crippen molar-refractivity contribution in [3.63, 3.8) is 0 Å². The Labute approximate surface area is 121 Å². The average molecular weight is 308 g/mol. The molecule has 2 rings (SSSR count). The molecule has 7 heteroatoms. The van der Waals surface area contributed by atoms with Gasteiger partial charge in [-0.2, -0.15) is 5.26 Å². The van der Waals surface area contributed by atoms with Gasteiger partial charge < -0.3 is 4.74 Å². The zero-order chi connectivity index (χ0) is 14.6. The highest BCUT2D eigenvalue weighted by molar-refractivity contribution is 7.94. The van der Waals surface area contributed by atoms with Crippen LogP contribution in [0.3, 0.4) is 0 Å². The summed E-state index contributed by atoms with van der Waals surface area (Å²) < 4.78 is 32.1. The summed E-state index contributed by atoms with van der Waals surface area (Å²) in [5.41, 5.74) is 0.445. The maximum absolute atomic E-state index is 12.1. The van der Waals surface area contributed by atoms with E-state index in [0.29, 0.717) is 11.4 Å². The lowest BCUT2D eigenvalue weighted by Gasteiger charge is -2.07. The second kappa shape index (κ2) is 5.94. The van der Waals surface area contributed by atoms with Crippen molar-refractivity contribution in [3.8, 4) is 11.8 Å². The summed E-state index contributed by atoms with van der Waals surface area (Å²) in [7, 11) is -3.55. The van der Waals surface area contributed by atoms with Gasteiger partial charge in [0.15, 0.2) is 6.61 Å². The smallest absolute Gasteiger partial charge is 0.271 e. The number of ether oxygens (including phenoxy) is 1. The van der Waals surface area contributed by atoms with Crippen LogP contribution in [0.15, 0.2) is 40.6 Å². The van der Waals surface area contributed by atoms with E-state index < -0.39 is 10.0 Å². The Kier molecular flexibility index (Phi) is 4.27. The summed E-state index contributed by atoms with van der Waals surface area (Å²) in [6.07, 6.45) is 0. The number of hydrogen-bond donors (Lipinski definition) is 1. The molecule has 0 amide bonds. The van der Waals surface area contributed by atoms with Crippen molar-refractivity contribution < 1.29 is 13.2 Å². The van der Waals surface area contributed by atoms with Gasteiger partial charge in [-0.25, -0.2) is 8.42 Å². The Bertz CT molecular complexity index is 728. The van der Waals surface area contributed by atoms with Crippen molar-refractivity contribution in [1.29, 1.82) is 5.26 Å². The van der Waals surface area contributed by atoms with Crippen molar-refractivity contribution in [2.45, 2.75) is 11.1 Å². The number of nitrogens with one attached hydrogen (secondary N) is 1. The van der Waals surface area contributed by atoms with Gasteiger partial charge in [0.05, 0.1) is 0 Å². The minimum Gasteiger partial charge on any atom is -0.479 e. The van der Waals surface area contributed by atoms with Crippen molar-refractivity contribution in [2.24, 2.45) is 0 Å². The first-order chi connectivity index (χ1) is 9.51. The van der Waals surface area contributed by atoms with Crippen LogP contribution < -0.4 is 9.46 Å². The number of sulfonamides is 1. The molecule has 5 nitrogen and oxygen atoms in total. The molecule has 20 heavy (non-hydrogen) atoms. The summed E-state index contributed by atoms with van der Waals surface area (Å²) >= 11 is 1.22. The van der Waals surface area contributed by atoms with E-state index in [1.165, 1.54) is 11.3 Å². The van der Waals surface area contributed by atoms with E-state index >= 15 is 0 Å². The van der Waals surface area contributed by atoms with Gasteiger partial charge in [0.25, 0.3) is 10.0 Å². The van der Waals surface area contributed by atoms with Crippen LogP contribution in [0, 0.1) is 18.3 Å². The van der Waals surface area contributed by atoms with Crippen LogP contribution in [0.1, 0.15) is 4.88 Å². The van der Waals surface area contributed by atoms with Gasteiger partial charge in [-0.15, -0.1) is 11.3 Å². The Morgan fingerprint density at radius 2 is 1.95 bits per heavy atom. The molecule has 104 valence electrons. The highest BCUT2D eigenvalue weighted by Gasteiger charge is 2.16. The van der Waals surface area contributed by atoms with Gasteiger partial charge in [0.1, 0.15) is 16.0 Å². The van der Waals surface area contributed by atoms with E-state index in [2.05, 4.69) is 4.72 Å². The molecule has 0 radical (unpaired) electrons. The number of nitrogens with zero attached hydrogens (tertiary/aromatic N) is 1. The van der Waals surface area contributed by atoms with Crippen molar-refractivity contribution >= 4 is 27.0 Å². The third-order valence-corrected chi connectivity index (χ3v) is 5.26. The molecule has 1 N–H and O–H groups in total. The lowest BCUT2D eigenvalue weighted by Crippen LogP contribution is -2.11. The van der Waals surface area contributed by atoms with Crippen LogP contribution in [-0.4, -0.2) is 15.0 Å². The maximum atomic E-state index is 12.1. The topological polar surface area (TPSA) is 79.2 Å². The van der Waals surface area contributed by atoms with Gasteiger partial charge in [-0.05, 0) is 43.3 Å². The minimum absolute atomic E-state index is 0.0421. The predicted molar refractivity (Wildman–Crippen MR) is 77.4 cm³/mol. The van der Waals surface area contributed by atoms with E-state index in [1.807, 2.05) is 13.0 Å². The Balaban J connectivity index is 2.12. The number of nitriles is 1. The van der Waals surface area contributed by atoms with Crippen LogP contribution in [0.25, 0.3) is 0 Å². The van der Waals surface area contributed by atoms with Gasteiger partial charge >= 0.3 is 0 Å². The summed E-state index contributed by atoms with van der Waals surface area (Å²) in [6.45, 7) is 1.81. The van der Waals surface area contributed by atoms with Gasteiger partial charge in [-0.1, -0.05) is 0 Å². The van der Waals surface area contributed by atoms with E-state index in [0.717, 1.165) is 4.88 Å². The molecule has 0 unspecified atom stereocenters. The van der Waals surface area contributed by atoms with Crippen molar-refractivity contribution in [3.05, 3.63) is 41.3 Å². The molecule has 1 heterocycles. The number of aryl methyl sites for hydroxylation is 1. The molecule has 0 aliphatic rings. The molecule has 0 bridgehead atoms. The van der Waals surface area contributed by atoms with E-state index in [4.69, 9.17) is 10.00 Å². The zero-order valence-corrected chi connectivity index (χ0v) is 12.3. The number of benzene rings is 1. The number of anilines is 1. The Morgan fingerprint density at radius 3 is 2.50 bits per heavy atom. The van der Waals surface area contributed by atoms with Gasteiger partial charge in [0.2, 0.25) is 0 Å². The first kappa shape index (κ1) is 14.4. The van der Waals surface area contributed by atoms with E-state index in [9.17, 15) is 8.42 Å². The Morgan fingerprint density at radius 1 is 1.25 bits per heavy atom. The molecule has 0 spiro atoms. The third-order valence-electron chi connectivity index (χ3n) is 2.39. The predicted octanol–water partition coefficient (Wildman–Crippen LogP) is 2.76. The fourth-order valence-corrected chi connectivity index (χ4v) is 3.84. The second-order valence-electron chi connectivity index (χ2n) is 3.94. The standard InChI is InChI=1S/C13H12N2O3S2/c1-10-2-7-13(19-10)20(16,17)15-11-3-5-12(6-4-11)18-9-8-14/h2-7,15H,9H2,1H3. The molecule has 0 aliphatic heterocycles. The SMILES string of the molecule is Cc1ccc(S(=O)(=O)Nc2ccc(OCC#N)cc2)s1. The molecule has 0 fully saturated rings. The van der Waals surface area contributed by atoms with Crippen LogP contribution in [0.2, 0.25) is 0 Å². The maximum Gasteiger partial charge on any atom is 0.271 e. The highest BCUT2D eigenvalue weighted by Crippen LogP contribution is 2.24. The molecule has 0 atom stereocenters. The van der Waals surface area contributed by atoms with Crippen LogP contribution >= 0.6 is 11.3 Å². The first-order valence-corrected chi connectivity index (χ1v) is 8.00. The fourth-order valence-electron chi connectivity index (χ4n) is 1.50. The summed E-state index contributed by atoms with van der Waals surface area (Å²) in [4.78, 5) is 0.936. The summed E-state index contributed by atoms with van der Waals surface area (Å²) in [5, 5.41) is 8.40. The molecular weight excluding hydrogens is 296 g/mol. The highest BCUT2D eigenvalue weighted by atomic mass is 32.2. The lowest BCUT2D eigenvalue weighted by atomic mass is 10.3. The number of hydrogen-bond acceptors (Lipinski definition) is 5. The molecule has 2 aromatic rings. The second-order valence-corrected chi connectivity index (χ2v) is 7.14.